The first-order valence-electron chi connectivity index (χ1n) is 7.35. The Labute approximate surface area is 125 Å². The number of aryl methyl sites for hydroxylation is 3. The molecule has 2 nitrogen and oxygen atoms in total. The minimum Gasteiger partial charge on any atom is -0.459 e. The van der Waals surface area contributed by atoms with Crippen molar-refractivity contribution in [1.82, 2.24) is 0 Å². The van der Waals surface area contributed by atoms with Crippen molar-refractivity contribution in [3.8, 4) is 0 Å². The Bertz CT molecular complexity index is 765. The summed E-state index contributed by atoms with van der Waals surface area (Å²) in [6.07, 6.45) is 0.793. The van der Waals surface area contributed by atoms with Gasteiger partial charge < -0.3 is 10.2 Å². The van der Waals surface area contributed by atoms with Crippen molar-refractivity contribution in [3.63, 3.8) is 0 Å². The van der Waals surface area contributed by atoms with E-state index in [9.17, 15) is 0 Å². The Morgan fingerprint density at radius 1 is 1.00 bits per heavy atom. The van der Waals surface area contributed by atoms with E-state index in [1.807, 2.05) is 6.07 Å². The Kier molecular flexibility index (Phi) is 3.56. The zero-order valence-corrected chi connectivity index (χ0v) is 12.8. The lowest BCUT2D eigenvalue weighted by molar-refractivity contribution is 0.492. The number of para-hydroxylation sites is 1. The van der Waals surface area contributed by atoms with Gasteiger partial charge >= 0.3 is 0 Å². The highest BCUT2D eigenvalue weighted by atomic mass is 16.3. The van der Waals surface area contributed by atoms with Gasteiger partial charge in [0.2, 0.25) is 0 Å². The van der Waals surface area contributed by atoms with Crippen molar-refractivity contribution in [2.75, 3.05) is 0 Å². The fourth-order valence-electron chi connectivity index (χ4n) is 2.95. The van der Waals surface area contributed by atoms with Crippen molar-refractivity contribution in [2.24, 2.45) is 5.73 Å². The molecule has 3 rings (SSSR count). The van der Waals surface area contributed by atoms with Crippen LogP contribution in [0.1, 0.15) is 34.1 Å². The molecule has 0 aliphatic rings. The molecule has 2 N–H and O–H groups in total. The molecule has 1 aromatic heterocycles. The van der Waals surface area contributed by atoms with Gasteiger partial charge in [-0.2, -0.15) is 0 Å². The molecule has 3 aromatic rings. The number of nitrogens with two attached hydrogens (primary N) is 1. The zero-order valence-electron chi connectivity index (χ0n) is 12.8. The van der Waals surface area contributed by atoms with Crippen LogP contribution in [0.5, 0.6) is 0 Å². The van der Waals surface area contributed by atoms with Gasteiger partial charge in [0.05, 0.1) is 6.04 Å². The van der Waals surface area contributed by atoms with E-state index in [1.54, 1.807) is 0 Å². The van der Waals surface area contributed by atoms with Gasteiger partial charge in [0.1, 0.15) is 11.3 Å². The molecule has 21 heavy (non-hydrogen) atoms. The van der Waals surface area contributed by atoms with Gasteiger partial charge in [0.25, 0.3) is 0 Å². The van der Waals surface area contributed by atoms with Crippen LogP contribution in [0.4, 0.5) is 0 Å². The molecule has 0 aliphatic heterocycles. The number of rotatable bonds is 3. The van der Waals surface area contributed by atoms with Crippen molar-refractivity contribution in [1.29, 1.82) is 0 Å². The highest BCUT2D eigenvalue weighted by molar-refractivity contribution is 5.81. The van der Waals surface area contributed by atoms with Crippen LogP contribution in [-0.2, 0) is 6.42 Å². The molecular weight excluding hydrogens is 258 g/mol. The number of hydrogen-bond acceptors (Lipinski definition) is 2. The SMILES string of the molecule is Cc1cc(C)cc(CC(N)c2cc3cccc(C)c3o2)c1. The standard InChI is InChI=1S/C19H21NO/c1-12-7-13(2)9-15(8-12)10-17(20)18-11-16-6-4-5-14(3)19(16)21-18/h4-9,11,17H,10,20H2,1-3H3. The van der Waals surface area contributed by atoms with Crippen LogP contribution in [0.25, 0.3) is 11.0 Å². The average molecular weight is 279 g/mol. The molecule has 0 aliphatic carbocycles. The van der Waals surface area contributed by atoms with E-state index in [4.69, 9.17) is 10.2 Å². The third-order valence-corrected chi connectivity index (χ3v) is 3.86. The third-order valence-electron chi connectivity index (χ3n) is 3.86. The highest BCUT2D eigenvalue weighted by Crippen LogP contribution is 2.27. The molecular formula is C19H21NO. The van der Waals surface area contributed by atoms with Gasteiger partial charge in [-0.1, -0.05) is 47.5 Å². The highest BCUT2D eigenvalue weighted by Gasteiger charge is 2.14. The lowest BCUT2D eigenvalue weighted by atomic mass is 10.0. The van der Waals surface area contributed by atoms with E-state index in [2.05, 4.69) is 57.2 Å². The molecule has 0 amide bonds. The first-order chi connectivity index (χ1) is 10.0. The largest absolute Gasteiger partial charge is 0.459 e. The van der Waals surface area contributed by atoms with E-state index in [0.29, 0.717) is 0 Å². The Morgan fingerprint density at radius 2 is 1.71 bits per heavy atom. The fourth-order valence-corrected chi connectivity index (χ4v) is 2.95. The van der Waals surface area contributed by atoms with Crippen LogP contribution >= 0.6 is 0 Å². The van der Waals surface area contributed by atoms with Crippen LogP contribution in [0.2, 0.25) is 0 Å². The molecule has 2 aromatic carbocycles. The van der Waals surface area contributed by atoms with Crippen LogP contribution in [0.3, 0.4) is 0 Å². The molecule has 0 saturated carbocycles. The average Bonchev–Trinajstić information content (AvgIpc) is 2.83. The number of fused-ring (bicyclic) bond motifs is 1. The van der Waals surface area contributed by atoms with E-state index in [-0.39, 0.29) is 6.04 Å². The lowest BCUT2D eigenvalue weighted by Crippen LogP contribution is -2.12. The number of hydrogen-bond donors (Lipinski definition) is 1. The van der Waals surface area contributed by atoms with Crippen LogP contribution in [-0.4, -0.2) is 0 Å². The molecule has 1 atom stereocenters. The predicted octanol–water partition coefficient (Wildman–Crippen LogP) is 4.60. The summed E-state index contributed by atoms with van der Waals surface area (Å²) >= 11 is 0. The Morgan fingerprint density at radius 3 is 2.38 bits per heavy atom. The van der Waals surface area contributed by atoms with Crippen molar-refractivity contribution in [2.45, 2.75) is 33.2 Å². The summed E-state index contributed by atoms with van der Waals surface area (Å²) in [5.41, 5.74) is 12.3. The second kappa shape index (κ2) is 5.38. The smallest absolute Gasteiger partial charge is 0.137 e. The van der Waals surface area contributed by atoms with E-state index >= 15 is 0 Å². The topological polar surface area (TPSA) is 39.2 Å². The second-order valence-corrected chi connectivity index (χ2v) is 5.95. The van der Waals surface area contributed by atoms with E-state index < -0.39 is 0 Å². The maximum atomic E-state index is 6.35. The molecule has 0 bridgehead atoms. The monoisotopic (exact) mass is 279 g/mol. The second-order valence-electron chi connectivity index (χ2n) is 5.95. The summed E-state index contributed by atoms with van der Waals surface area (Å²) in [4.78, 5) is 0. The summed E-state index contributed by atoms with van der Waals surface area (Å²) in [7, 11) is 0. The Hall–Kier alpha value is -2.06. The fraction of sp³-hybridized carbons (Fsp3) is 0.263. The first kappa shape index (κ1) is 13.9. The van der Waals surface area contributed by atoms with Gasteiger partial charge in [-0.15, -0.1) is 0 Å². The van der Waals surface area contributed by atoms with Crippen molar-refractivity contribution >= 4 is 11.0 Å². The van der Waals surface area contributed by atoms with Gasteiger partial charge in [0.15, 0.2) is 0 Å². The normalized spacial score (nSPS) is 12.8. The minimum absolute atomic E-state index is 0.113. The lowest BCUT2D eigenvalue weighted by Gasteiger charge is -2.10. The maximum Gasteiger partial charge on any atom is 0.137 e. The maximum absolute atomic E-state index is 6.35. The van der Waals surface area contributed by atoms with Gasteiger partial charge in [0, 0.05) is 5.39 Å². The summed E-state index contributed by atoms with van der Waals surface area (Å²) in [5, 5.41) is 1.13. The molecule has 0 fully saturated rings. The first-order valence-corrected chi connectivity index (χ1v) is 7.35. The van der Waals surface area contributed by atoms with Gasteiger partial charge in [-0.05, 0) is 44.4 Å². The predicted molar refractivity (Wildman–Crippen MR) is 87.5 cm³/mol. The summed E-state index contributed by atoms with van der Waals surface area (Å²) < 4.78 is 5.97. The summed E-state index contributed by atoms with van der Waals surface area (Å²) in [6, 6.07) is 14.7. The quantitative estimate of drug-likeness (QED) is 0.761. The molecule has 1 heterocycles. The minimum atomic E-state index is -0.113. The zero-order chi connectivity index (χ0) is 15.0. The molecule has 1 unspecified atom stereocenters. The molecule has 0 radical (unpaired) electrons. The van der Waals surface area contributed by atoms with Gasteiger partial charge in [-0.25, -0.2) is 0 Å². The van der Waals surface area contributed by atoms with Crippen LogP contribution in [0.15, 0.2) is 46.9 Å². The van der Waals surface area contributed by atoms with Crippen molar-refractivity contribution < 1.29 is 4.42 Å². The van der Waals surface area contributed by atoms with Gasteiger partial charge in [-0.3, -0.25) is 0 Å². The summed E-state index contributed by atoms with van der Waals surface area (Å²) in [6.45, 7) is 6.30. The molecule has 2 heteroatoms. The number of furan rings is 1. The Balaban J connectivity index is 1.89. The van der Waals surface area contributed by atoms with E-state index in [1.165, 1.54) is 16.7 Å². The molecule has 0 spiro atoms. The van der Waals surface area contributed by atoms with Crippen LogP contribution in [0, 0.1) is 20.8 Å². The van der Waals surface area contributed by atoms with Crippen LogP contribution < -0.4 is 5.73 Å². The number of benzene rings is 2. The third kappa shape index (κ3) is 2.86. The molecule has 0 saturated heterocycles. The molecule has 108 valence electrons. The summed E-state index contributed by atoms with van der Waals surface area (Å²) in [5.74, 6) is 0.860. The van der Waals surface area contributed by atoms with E-state index in [0.717, 1.165) is 28.7 Å². The van der Waals surface area contributed by atoms with Crippen molar-refractivity contribution in [3.05, 3.63) is 70.5 Å².